The number of ether oxygens (including phenoxy) is 3. The number of hydrogen-bond acceptors (Lipinski definition) is 5. The molecule has 0 N–H and O–H groups in total. The largest absolute Gasteiger partial charge is 0.467 e. The van der Waals surface area contributed by atoms with E-state index >= 15 is 0 Å². The van der Waals surface area contributed by atoms with Gasteiger partial charge < -0.3 is 14.2 Å². The van der Waals surface area contributed by atoms with E-state index in [0.717, 1.165) is 7.11 Å². The molecule has 1 aromatic carbocycles. The molecule has 2 rings (SSSR count). The summed E-state index contributed by atoms with van der Waals surface area (Å²) in [6, 6.07) is 8.21. The summed E-state index contributed by atoms with van der Waals surface area (Å²) in [5.41, 5.74) is 0.316. The Balaban J connectivity index is 1.98. The number of carbonyl (C=O) groups is 2. The summed E-state index contributed by atoms with van der Waals surface area (Å²) in [7, 11) is 1.14. The first-order chi connectivity index (χ1) is 9.13. The molecular formula is C13H13FO5. The predicted molar refractivity (Wildman–Crippen MR) is 62.3 cm³/mol. The molecule has 0 spiro atoms. The number of halogens is 1. The summed E-state index contributed by atoms with van der Waals surface area (Å²) in [5, 5.41) is 0. The van der Waals surface area contributed by atoms with E-state index in [1.165, 1.54) is 0 Å². The van der Waals surface area contributed by atoms with E-state index in [9.17, 15) is 14.0 Å². The second-order valence-electron chi connectivity index (χ2n) is 4.03. The van der Waals surface area contributed by atoms with Gasteiger partial charge in [-0.1, -0.05) is 18.2 Å². The lowest BCUT2D eigenvalue weighted by Crippen LogP contribution is -2.35. The van der Waals surface area contributed by atoms with Gasteiger partial charge in [0.15, 0.2) is 18.4 Å². The van der Waals surface area contributed by atoms with Crippen LogP contribution >= 0.6 is 0 Å². The molecule has 1 fully saturated rings. The first-order valence-corrected chi connectivity index (χ1v) is 5.73. The van der Waals surface area contributed by atoms with Gasteiger partial charge in [-0.2, -0.15) is 0 Å². The molecule has 1 saturated heterocycles. The number of methoxy groups -OCH3 is 1. The molecule has 19 heavy (non-hydrogen) atoms. The Hall–Kier alpha value is -1.95. The molecule has 0 aliphatic carbocycles. The highest BCUT2D eigenvalue weighted by Gasteiger charge is 2.45. The van der Waals surface area contributed by atoms with Crippen LogP contribution in [0.5, 0.6) is 0 Å². The van der Waals surface area contributed by atoms with Crippen LogP contribution in [-0.2, 0) is 19.0 Å². The van der Waals surface area contributed by atoms with Crippen LogP contribution < -0.4 is 0 Å². The summed E-state index contributed by atoms with van der Waals surface area (Å²) < 4.78 is 28.2. The van der Waals surface area contributed by atoms with Gasteiger partial charge in [0, 0.05) is 0 Å². The Morgan fingerprint density at radius 3 is 2.63 bits per heavy atom. The Morgan fingerprint density at radius 2 is 2.00 bits per heavy atom. The van der Waals surface area contributed by atoms with Crippen LogP contribution in [0.2, 0.25) is 0 Å². The van der Waals surface area contributed by atoms with Gasteiger partial charge in [0.25, 0.3) is 0 Å². The number of esters is 2. The Labute approximate surface area is 109 Å². The van der Waals surface area contributed by atoms with Gasteiger partial charge in [-0.25, -0.2) is 14.0 Å². The fourth-order valence-electron chi connectivity index (χ4n) is 1.77. The maximum absolute atomic E-state index is 13.9. The summed E-state index contributed by atoms with van der Waals surface area (Å²) >= 11 is 0. The standard InChI is InChI=1S/C13H13FO5/c1-17-13(16)11-10(14)9(7-18-11)19-12(15)8-5-3-2-4-6-8/h2-6,9-11H,7H2,1H3/t9-,10+,11-/m1/s1. The van der Waals surface area contributed by atoms with Crippen LogP contribution in [0.1, 0.15) is 10.4 Å². The number of carbonyl (C=O) groups excluding carboxylic acids is 2. The van der Waals surface area contributed by atoms with Gasteiger partial charge in [-0.15, -0.1) is 0 Å². The molecule has 0 radical (unpaired) electrons. The van der Waals surface area contributed by atoms with Crippen molar-refractivity contribution >= 4 is 11.9 Å². The molecule has 1 heterocycles. The third-order valence-electron chi connectivity index (χ3n) is 2.79. The van der Waals surface area contributed by atoms with Crippen LogP contribution in [0, 0.1) is 0 Å². The molecular weight excluding hydrogens is 255 g/mol. The molecule has 0 bridgehead atoms. The summed E-state index contributed by atoms with van der Waals surface area (Å²) in [4.78, 5) is 22.9. The van der Waals surface area contributed by atoms with E-state index in [1.807, 2.05) is 0 Å². The van der Waals surface area contributed by atoms with Crippen molar-refractivity contribution in [2.24, 2.45) is 0 Å². The number of hydrogen-bond donors (Lipinski definition) is 0. The Kier molecular flexibility index (Phi) is 4.11. The monoisotopic (exact) mass is 268 g/mol. The smallest absolute Gasteiger partial charge is 0.338 e. The lowest BCUT2D eigenvalue weighted by molar-refractivity contribution is -0.153. The predicted octanol–water partition coefficient (Wildman–Crippen LogP) is 1.12. The van der Waals surface area contributed by atoms with Crippen molar-refractivity contribution in [1.82, 2.24) is 0 Å². The quantitative estimate of drug-likeness (QED) is 0.769. The molecule has 0 unspecified atom stereocenters. The van der Waals surface area contributed by atoms with Gasteiger partial charge in [0.1, 0.15) is 0 Å². The van der Waals surface area contributed by atoms with Gasteiger partial charge in [0.05, 0.1) is 19.3 Å². The minimum Gasteiger partial charge on any atom is -0.467 e. The highest BCUT2D eigenvalue weighted by molar-refractivity contribution is 5.89. The average molecular weight is 268 g/mol. The highest BCUT2D eigenvalue weighted by atomic mass is 19.1. The summed E-state index contributed by atoms with van der Waals surface area (Å²) in [6.07, 6.45) is -4.16. The SMILES string of the molecule is COC(=O)[C@@H]1OC[C@@H](OC(=O)c2ccccc2)[C@@H]1F. The van der Waals surface area contributed by atoms with Crippen molar-refractivity contribution in [1.29, 1.82) is 0 Å². The lowest BCUT2D eigenvalue weighted by Gasteiger charge is -2.14. The number of rotatable bonds is 3. The van der Waals surface area contributed by atoms with Crippen LogP contribution in [0.4, 0.5) is 4.39 Å². The second-order valence-corrected chi connectivity index (χ2v) is 4.03. The Morgan fingerprint density at radius 1 is 1.32 bits per heavy atom. The van der Waals surface area contributed by atoms with E-state index in [2.05, 4.69) is 4.74 Å². The van der Waals surface area contributed by atoms with Crippen molar-refractivity contribution < 1.29 is 28.2 Å². The van der Waals surface area contributed by atoms with Gasteiger partial charge in [0.2, 0.25) is 0 Å². The van der Waals surface area contributed by atoms with E-state index in [4.69, 9.17) is 9.47 Å². The van der Waals surface area contributed by atoms with E-state index in [1.54, 1.807) is 30.3 Å². The van der Waals surface area contributed by atoms with Crippen molar-refractivity contribution in [3.05, 3.63) is 35.9 Å². The average Bonchev–Trinajstić information content (AvgIpc) is 2.80. The molecule has 5 nitrogen and oxygen atoms in total. The number of benzene rings is 1. The zero-order chi connectivity index (χ0) is 13.8. The lowest BCUT2D eigenvalue weighted by atomic mass is 10.1. The first-order valence-electron chi connectivity index (χ1n) is 5.73. The zero-order valence-electron chi connectivity index (χ0n) is 10.2. The van der Waals surface area contributed by atoms with E-state index in [0.29, 0.717) is 5.56 Å². The molecule has 3 atom stereocenters. The summed E-state index contributed by atoms with van der Waals surface area (Å²) in [6.45, 7) is -0.167. The molecule has 1 aromatic rings. The number of alkyl halides is 1. The highest BCUT2D eigenvalue weighted by Crippen LogP contribution is 2.22. The minimum atomic E-state index is -1.72. The molecule has 6 heteroatoms. The fourth-order valence-corrected chi connectivity index (χ4v) is 1.77. The third-order valence-corrected chi connectivity index (χ3v) is 2.79. The molecule has 1 aliphatic rings. The second kappa shape index (κ2) is 5.79. The molecule has 0 saturated carbocycles. The van der Waals surface area contributed by atoms with Crippen molar-refractivity contribution in [3.63, 3.8) is 0 Å². The molecule has 0 amide bonds. The van der Waals surface area contributed by atoms with Crippen LogP contribution in [0.25, 0.3) is 0 Å². The third kappa shape index (κ3) is 2.90. The molecule has 0 aromatic heterocycles. The van der Waals surface area contributed by atoms with Crippen molar-refractivity contribution in [2.45, 2.75) is 18.4 Å². The van der Waals surface area contributed by atoms with Gasteiger partial charge in [-0.3, -0.25) is 0 Å². The van der Waals surface area contributed by atoms with Crippen molar-refractivity contribution in [2.75, 3.05) is 13.7 Å². The van der Waals surface area contributed by atoms with Crippen LogP contribution in [0.15, 0.2) is 30.3 Å². The zero-order valence-corrected chi connectivity index (χ0v) is 10.2. The summed E-state index contributed by atoms with van der Waals surface area (Å²) in [5.74, 6) is -1.46. The van der Waals surface area contributed by atoms with E-state index < -0.39 is 30.3 Å². The van der Waals surface area contributed by atoms with Gasteiger partial charge in [-0.05, 0) is 12.1 Å². The minimum absolute atomic E-state index is 0.167. The van der Waals surface area contributed by atoms with Gasteiger partial charge >= 0.3 is 11.9 Å². The van der Waals surface area contributed by atoms with E-state index in [-0.39, 0.29) is 6.61 Å². The maximum atomic E-state index is 13.9. The van der Waals surface area contributed by atoms with Crippen LogP contribution in [0.3, 0.4) is 0 Å². The topological polar surface area (TPSA) is 61.8 Å². The Bertz CT molecular complexity index is 461. The van der Waals surface area contributed by atoms with Crippen LogP contribution in [-0.4, -0.2) is 44.0 Å². The first kappa shape index (κ1) is 13.5. The maximum Gasteiger partial charge on any atom is 0.338 e. The fraction of sp³-hybridized carbons (Fsp3) is 0.385. The normalized spacial score (nSPS) is 25.9. The molecule has 102 valence electrons. The molecule has 1 aliphatic heterocycles. The van der Waals surface area contributed by atoms with Crippen molar-refractivity contribution in [3.8, 4) is 0 Å².